The van der Waals surface area contributed by atoms with E-state index in [4.69, 9.17) is 0 Å². The normalized spacial score (nSPS) is 22.8. The Balaban J connectivity index is 1.98. The number of ketones is 1. The van der Waals surface area contributed by atoms with Crippen LogP contribution in [0.5, 0.6) is 0 Å². The summed E-state index contributed by atoms with van der Waals surface area (Å²) in [6, 6.07) is 3.61. The van der Waals surface area contributed by atoms with Gasteiger partial charge in [0.2, 0.25) is 0 Å². The molecule has 0 spiro atoms. The molecule has 1 aliphatic rings. The predicted molar refractivity (Wildman–Crippen MR) is 75.7 cm³/mol. The molecule has 1 saturated carbocycles. The lowest BCUT2D eigenvalue weighted by molar-refractivity contribution is 0.0860. The van der Waals surface area contributed by atoms with E-state index < -0.39 is 11.6 Å². The van der Waals surface area contributed by atoms with Crippen LogP contribution in [0.2, 0.25) is 0 Å². The fourth-order valence-electron chi connectivity index (χ4n) is 3.14. The van der Waals surface area contributed by atoms with E-state index in [1.807, 2.05) is 0 Å². The molecule has 0 saturated heterocycles. The van der Waals surface area contributed by atoms with Gasteiger partial charge in [-0.3, -0.25) is 4.79 Å². The number of halogens is 2. The van der Waals surface area contributed by atoms with Crippen LogP contribution >= 0.6 is 0 Å². The second-order valence-electron chi connectivity index (χ2n) is 5.82. The minimum atomic E-state index is -0.733. The topological polar surface area (TPSA) is 17.1 Å². The van der Waals surface area contributed by atoms with Gasteiger partial charge in [-0.15, -0.1) is 0 Å². The molecule has 0 amide bonds. The van der Waals surface area contributed by atoms with E-state index in [0.717, 1.165) is 37.8 Å². The van der Waals surface area contributed by atoms with E-state index in [1.54, 1.807) is 0 Å². The Morgan fingerprint density at radius 2 is 1.75 bits per heavy atom. The Kier molecular flexibility index (Phi) is 5.27. The minimum absolute atomic E-state index is 0.209. The fraction of sp³-hybridized carbons (Fsp3) is 0.588. The van der Waals surface area contributed by atoms with E-state index in [2.05, 4.69) is 6.92 Å². The summed E-state index contributed by atoms with van der Waals surface area (Å²) in [5.74, 6) is -1.34. The number of hydrogen-bond donors (Lipinski definition) is 0. The molecule has 1 aliphatic carbocycles. The van der Waals surface area contributed by atoms with Gasteiger partial charge in [-0.05, 0) is 43.7 Å². The van der Waals surface area contributed by atoms with Crippen molar-refractivity contribution in [1.29, 1.82) is 0 Å². The molecule has 0 unspecified atom stereocenters. The zero-order chi connectivity index (χ0) is 14.5. The van der Waals surface area contributed by atoms with Crippen molar-refractivity contribution in [2.75, 3.05) is 0 Å². The Hall–Kier alpha value is -1.25. The van der Waals surface area contributed by atoms with Crippen LogP contribution in [0.25, 0.3) is 0 Å². The van der Waals surface area contributed by atoms with Gasteiger partial charge in [0, 0.05) is 5.92 Å². The van der Waals surface area contributed by atoms with Crippen LogP contribution in [0.1, 0.15) is 62.2 Å². The first-order valence-electron chi connectivity index (χ1n) is 7.61. The molecular weight excluding hydrogens is 258 g/mol. The van der Waals surface area contributed by atoms with E-state index in [9.17, 15) is 13.6 Å². The maximum atomic E-state index is 13.6. The fourth-order valence-corrected chi connectivity index (χ4v) is 3.14. The second kappa shape index (κ2) is 6.96. The van der Waals surface area contributed by atoms with E-state index >= 15 is 0 Å². The molecular formula is C17H22F2O. The lowest BCUT2D eigenvalue weighted by Gasteiger charge is -2.27. The molecule has 110 valence electrons. The molecule has 0 aromatic heterocycles. The molecule has 0 N–H and O–H groups in total. The molecule has 0 radical (unpaired) electrons. The smallest absolute Gasteiger partial charge is 0.171 e. The molecule has 3 heteroatoms. The largest absolute Gasteiger partial charge is 0.294 e. The first kappa shape index (κ1) is 15.1. The van der Waals surface area contributed by atoms with Crippen LogP contribution in [0.15, 0.2) is 18.2 Å². The van der Waals surface area contributed by atoms with Crippen molar-refractivity contribution >= 4 is 5.78 Å². The summed E-state index contributed by atoms with van der Waals surface area (Å²) in [6.45, 7) is 2.18. The third-order valence-electron chi connectivity index (χ3n) is 4.39. The Morgan fingerprint density at radius 1 is 1.15 bits per heavy atom. The number of hydrogen-bond acceptors (Lipinski definition) is 1. The number of carbonyl (C=O) groups is 1. The first-order chi connectivity index (χ1) is 9.63. The summed E-state index contributed by atoms with van der Waals surface area (Å²) in [4.78, 5) is 12.3. The number of carbonyl (C=O) groups excluding carboxylic acids is 1. The predicted octanol–water partition coefficient (Wildman–Crippen LogP) is 5.14. The lowest BCUT2D eigenvalue weighted by atomic mass is 9.77. The maximum Gasteiger partial charge on any atom is 0.171 e. The minimum Gasteiger partial charge on any atom is -0.294 e. The molecule has 1 aromatic rings. The SMILES string of the molecule is CCCCC1CCC(C(=O)c2c(F)cccc2F)CC1. The zero-order valence-electron chi connectivity index (χ0n) is 12.0. The van der Waals surface area contributed by atoms with Gasteiger partial charge in [0.15, 0.2) is 5.78 Å². The molecule has 0 aliphatic heterocycles. The number of Topliss-reactive ketones (excluding diaryl/α,β-unsaturated/α-hetero) is 1. The average molecular weight is 280 g/mol. The van der Waals surface area contributed by atoms with Crippen molar-refractivity contribution in [3.63, 3.8) is 0 Å². The van der Waals surface area contributed by atoms with Crippen LogP contribution in [-0.4, -0.2) is 5.78 Å². The summed E-state index contributed by atoms with van der Waals surface area (Å²) in [5.41, 5.74) is -0.343. The maximum absolute atomic E-state index is 13.6. The van der Waals surface area contributed by atoms with Crippen LogP contribution in [0, 0.1) is 23.5 Å². The number of unbranched alkanes of at least 4 members (excludes halogenated alkanes) is 1. The monoisotopic (exact) mass is 280 g/mol. The van der Waals surface area contributed by atoms with Gasteiger partial charge in [-0.1, -0.05) is 32.3 Å². The Labute approximate surface area is 119 Å². The Bertz CT molecular complexity index is 442. The molecule has 0 atom stereocenters. The molecule has 1 nitrogen and oxygen atoms in total. The Morgan fingerprint density at radius 3 is 2.30 bits per heavy atom. The van der Waals surface area contributed by atoms with Crippen molar-refractivity contribution in [3.05, 3.63) is 35.4 Å². The first-order valence-corrected chi connectivity index (χ1v) is 7.61. The quantitative estimate of drug-likeness (QED) is 0.682. The molecule has 2 rings (SSSR count). The van der Waals surface area contributed by atoms with Crippen LogP contribution < -0.4 is 0 Å². The third kappa shape index (κ3) is 3.44. The summed E-state index contributed by atoms with van der Waals surface area (Å²) >= 11 is 0. The lowest BCUT2D eigenvalue weighted by Crippen LogP contribution is -2.23. The van der Waals surface area contributed by atoms with Crippen molar-refractivity contribution in [3.8, 4) is 0 Å². The van der Waals surface area contributed by atoms with Gasteiger partial charge >= 0.3 is 0 Å². The van der Waals surface area contributed by atoms with Gasteiger partial charge in [0.25, 0.3) is 0 Å². The van der Waals surface area contributed by atoms with Crippen molar-refractivity contribution in [2.45, 2.75) is 51.9 Å². The molecule has 1 aromatic carbocycles. The van der Waals surface area contributed by atoms with E-state index in [0.29, 0.717) is 5.92 Å². The van der Waals surface area contributed by atoms with Gasteiger partial charge in [-0.2, -0.15) is 0 Å². The second-order valence-corrected chi connectivity index (χ2v) is 5.82. The number of rotatable bonds is 5. The van der Waals surface area contributed by atoms with Crippen LogP contribution in [0.4, 0.5) is 8.78 Å². The highest BCUT2D eigenvalue weighted by Gasteiger charge is 2.29. The van der Waals surface area contributed by atoms with Gasteiger partial charge in [0.05, 0.1) is 5.56 Å². The molecule has 0 heterocycles. The van der Waals surface area contributed by atoms with Crippen LogP contribution in [-0.2, 0) is 0 Å². The van der Waals surface area contributed by atoms with Gasteiger partial charge < -0.3 is 0 Å². The standard InChI is InChI=1S/C17H22F2O/c1-2-3-5-12-8-10-13(11-9-12)17(20)16-14(18)6-4-7-15(16)19/h4,6-7,12-13H,2-3,5,8-11H2,1H3. The zero-order valence-corrected chi connectivity index (χ0v) is 12.0. The van der Waals surface area contributed by atoms with E-state index in [-0.39, 0.29) is 17.3 Å². The van der Waals surface area contributed by atoms with Crippen molar-refractivity contribution in [2.24, 2.45) is 11.8 Å². The van der Waals surface area contributed by atoms with Gasteiger partial charge in [0.1, 0.15) is 11.6 Å². The highest BCUT2D eigenvalue weighted by atomic mass is 19.1. The highest BCUT2D eigenvalue weighted by molar-refractivity contribution is 5.98. The number of benzene rings is 1. The molecule has 0 bridgehead atoms. The van der Waals surface area contributed by atoms with Gasteiger partial charge in [-0.25, -0.2) is 8.78 Å². The highest BCUT2D eigenvalue weighted by Crippen LogP contribution is 2.34. The molecule has 1 fully saturated rings. The summed E-state index contributed by atoms with van der Waals surface area (Å²) in [5, 5.41) is 0. The average Bonchev–Trinajstić information content (AvgIpc) is 2.45. The van der Waals surface area contributed by atoms with E-state index in [1.165, 1.54) is 25.3 Å². The third-order valence-corrected chi connectivity index (χ3v) is 4.39. The van der Waals surface area contributed by atoms with Crippen molar-refractivity contribution < 1.29 is 13.6 Å². The van der Waals surface area contributed by atoms with Crippen molar-refractivity contribution in [1.82, 2.24) is 0 Å². The summed E-state index contributed by atoms with van der Waals surface area (Å²) in [6.07, 6.45) is 7.18. The molecule has 20 heavy (non-hydrogen) atoms. The van der Waals surface area contributed by atoms with Crippen LogP contribution in [0.3, 0.4) is 0 Å². The summed E-state index contributed by atoms with van der Waals surface area (Å²) in [7, 11) is 0. The summed E-state index contributed by atoms with van der Waals surface area (Å²) < 4.78 is 27.3.